The van der Waals surface area contributed by atoms with Crippen LogP contribution in [0.4, 0.5) is 0 Å². The highest BCUT2D eigenvalue weighted by molar-refractivity contribution is 5.79. The zero-order chi connectivity index (χ0) is 16.7. The minimum Gasteiger partial charge on any atom is -0.493 e. The van der Waals surface area contributed by atoms with E-state index < -0.39 is 0 Å². The molecule has 1 amide bonds. The van der Waals surface area contributed by atoms with Crippen LogP contribution in [0, 0.1) is 11.8 Å². The molecule has 128 valence electrons. The van der Waals surface area contributed by atoms with E-state index in [0.717, 1.165) is 50.0 Å². The third-order valence-electron chi connectivity index (χ3n) is 4.46. The Kier molecular flexibility index (Phi) is 6.90. The van der Waals surface area contributed by atoms with Crippen LogP contribution in [-0.2, 0) is 11.2 Å². The molecule has 0 spiro atoms. The van der Waals surface area contributed by atoms with E-state index >= 15 is 0 Å². The molecule has 1 aliphatic carbocycles. The number of amides is 1. The molecule has 0 unspecified atom stereocenters. The number of para-hydroxylation sites is 1. The molecule has 0 bridgehead atoms. The highest BCUT2D eigenvalue weighted by atomic mass is 16.5. The summed E-state index contributed by atoms with van der Waals surface area (Å²) in [6.07, 6.45) is 4.54. The standard InChI is InChI=1S/C19H30N2O2/c1-14(2)10-12-23-18-6-4-3-5-15(18)9-11-21-19(22)16-7-8-17(20)13-16/h3-6,14,16-17H,7-13,20H2,1-2H3,(H,21,22)/t16-,17+/m0/s1. The van der Waals surface area contributed by atoms with Crippen LogP contribution < -0.4 is 15.8 Å². The van der Waals surface area contributed by atoms with E-state index in [0.29, 0.717) is 12.5 Å². The molecule has 1 aromatic carbocycles. The predicted molar refractivity (Wildman–Crippen MR) is 93.4 cm³/mol. The number of nitrogens with two attached hydrogens (primary N) is 1. The lowest BCUT2D eigenvalue weighted by molar-refractivity contribution is -0.124. The van der Waals surface area contributed by atoms with Crippen molar-refractivity contribution in [2.45, 2.75) is 52.0 Å². The van der Waals surface area contributed by atoms with Gasteiger partial charge in [0.2, 0.25) is 5.91 Å². The maximum Gasteiger partial charge on any atom is 0.223 e. The second-order valence-corrected chi connectivity index (χ2v) is 6.95. The Bertz CT molecular complexity index is 502. The minimum atomic E-state index is 0.0996. The summed E-state index contributed by atoms with van der Waals surface area (Å²) in [4.78, 5) is 12.1. The van der Waals surface area contributed by atoms with Crippen molar-refractivity contribution in [1.82, 2.24) is 5.32 Å². The molecule has 2 atom stereocenters. The van der Waals surface area contributed by atoms with Crippen LogP contribution in [0.5, 0.6) is 5.75 Å². The van der Waals surface area contributed by atoms with Gasteiger partial charge >= 0.3 is 0 Å². The Hall–Kier alpha value is -1.55. The summed E-state index contributed by atoms with van der Waals surface area (Å²) in [6.45, 7) is 5.77. The number of rotatable bonds is 8. The van der Waals surface area contributed by atoms with E-state index in [-0.39, 0.29) is 17.9 Å². The second kappa shape index (κ2) is 8.92. The average Bonchev–Trinajstić information content (AvgIpc) is 2.95. The van der Waals surface area contributed by atoms with E-state index in [4.69, 9.17) is 10.5 Å². The molecular formula is C19H30N2O2. The molecule has 0 aromatic heterocycles. The predicted octanol–water partition coefficient (Wildman–Crippen LogP) is 2.90. The van der Waals surface area contributed by atoms with Gasteiger partial charge in [0.15, 0.2) is 0 Å². The van der Waals surface area contributed by atoms with Gasteiger partial charge in [-0.3, -0.25) is 4.79 Å². The summed E-state index contributed by atoms with van der Waals surface area (Å²) in [5, 5.41) is 3.05. The van der Waals surface area contributed by atoms with Crippen molar-refractivity contribution in [2.24, 2.45) is 17.6 Å². The molecule has 0 radical (unpaired) electrons. The number of benzene rings is 1. The molecule has 1 aromatic rings. The number of hydrogen-bond donors (Lipinski definition) is 2. The number of nitrogens with one attached hydrogen (secondary N) is 1. The molecular weight excluding hydrogens is 288 g/mol. The van der Waals surface area contributed by atoms with Crippen molar-refractivity contribution < 1.29 is 9.53 Å². The zero-order valence-electron chi connectivity index (χ0n) is 14.4. The van der Waals surface area contributed by atoms with Crippen molar-refractivity contribution in [1.29, 1.82) is 0 Å². The Morgan fingerprint density at radius 1 is 1.35 bits per heavy atom. The third-order valence-corrected chi connectivity index (χ3v) is 4.46. The first-order valence-corrected chi connectivity index (χ1v) is 8.80. The first-order chi connectivity index (χ1) is 11.1. The van der Waals surface area contributed by atoms with Crippen LogP contribution in [0.2, 0.25) is 0 Å². The molecule has 4 heteroatoms. The highest BCUT2D eigenvalue weighted by Crippen LogP contribution is 2.24. The summed E-state index contributed by atoms with van der Waals surface area (Å²) in [5.41, 5.74) is 7.03. The minimum absolute atomic E-state index is 0.0996. The number of carbonyl (C=O) groups excluding carboxylic acids is 1. The number of hydrogen-bond acceptors (Lipinski definition) is 3. The molecule has 1 aliphatic rings. The zero-order valence-corrected chi connectivity index (χ0v) is 14.4. The topological polar surface area (TPSA) is 64.3 Å². The summed E-state index contributed by atoms with van der Waals surface area (Å²) in [5.74, 6) is 1.82. The Morgan fingerprint density at radius 3 is 2.83 bits per heavy atom. The fourth-order valence-electron chi connectivity index (χ4n) is 2.98. The SMILES string of the molecule is CC(C)CCOc1ccccc1CCNC(=O)[C@H]1CC[C@@H](N)C1. The molecule has 3 N–H and O–H groups in total. The molecule has 0 saturated heterocycles. The number of carbonyl (C=O) groups is 1. The lowest BCUT2D eigenvalue weighted by Crippen LogP contribution is -2.32. The quantitative estimate of drug-likeness (QED) is 0.774. The van der Waals surface area contributed by atoms with E-state index in [1.165, 1.54) is 0 Å². The highest BCUT2D eigenvalue weighted by Gasteiger charge is 2.27. The van der Waals surface area contributed by atoms with Crippen molar-refractivity contribution >= 4 is 5.91 Å². The largest absolute Gasteiger partial charge is 0.493 e. The first-order valence-electron chi connectivity index (χ1n) is 8.80. The summed E-state index contributed by atoms with van der Waals surface area (Å²) in [6, 6.07) is 8.28. The van der Waals surface area contributed by atoms with Gasteiger partial charge in [-0.15, -0.1) is 0 Å². The van der Waals surface area contributed by atoms with Gasteiger partial charge in [0, 0.05) is 18.5 Å². The van der Waals surface area contributed by atoms with Gasteiger partial charge < -0.3 is 15.8 Å². The van der Waals surface area contributed by atoms with Crippen LogP contribution in [0.1, 0.15) is 45.1 Å². The Morgan fingerprint density at radius 2 is 2.13 bits per heavy atom. The smallest absolute Gasteiger partial charge is 0.223 e. The maximum atomic E-state index is 12.1. The van der Waals surface area contributed by atoms with Crippen LogP contribution in [0.3, 0.4) is 0 Å². The number of ether oxygens (including phenoxy) is 1. The van der Waals surface area contributed by atoms with Crippen LogP contribution in [-0.4, -0.2) is 25.1 Å². The molecule has 0 heterocycles. The lowest BCUT2D eigenvalue weighted by atomic mass is 10.1. The van der Waals surface area contributed by atoms with Crippen molar-refractivity contribution in [2.75, 3.05) is 13.2 Å². The third kappa shape index (κ3) is 5.87. The van der Waals surface area contributed by atoms with Crippen molar-refractivity contribution in [3.8, 4) is 5.75 Å². The average molecular weight is 318 g/mol. The molecule has 1 saturated carbocycles. The maximum absolute atomic E-state index is 12.1. The molecule has 23 heavy (non-hydrogen) atoms. The molecule has 2 rings (SSSR count). The summed E-state index contributed by atoms with van der Waals surface area (Å²) in [7, 11) is 0. The molecule has 1 fully saturated rings. The van der Waals surface area contributed by atoms with Crippen LogP contribution in [0.15, 0.2) is 24.3 Å². The van der Waals surface area contributed by atoms with Crippen LogP contribution in [0.25, 0.3) is 0 Å². The second-order valence-electron chi connectivity index (χ2n) is 6.95. The van der Waals surface area contributed by atoms with Gasteiger partial charge in [0.25, 0.3) is 0 Å². The van der Waals surface area contributed by atoms with Gasteiger partial charge in [-0.25, -0.2) is 0 Å². The fraction of sp³-hybridized carbons (Fsp3) is 0.632. The van der Waals surface area contributed by atoms with Crippen LogP contribution >= 0.6 is 0 Å². The molecule has 4 nitrogen and oxygen atoms in total. The summed E-state index contributed by atoms with van der Waals surface area (Å²) >= 11 is 0. The lowest BCUT2D eigenvalue weighted by Gasteiger charge is -2.14. The van der Waals surface area contributed by atoms with E-state index in [1.54, 1.807) is 0 Å². The van der Waals surface area contributed by atoms with Gasteiger partial charge in [-0.2, -0.15) is 0 Å². The van der Waals surface area contributed by atoms with E-state index in [2.05, 4.69) is 25.2 Å². The van der Waals surface area contributed by atoms with Crippen molar-refractivity contribution in [3.05, 3.63) is 29.8 Å². The van der Waals surface area contributed by atoms with Gasteiger partial charge in [-0.1, -0.05) is 32.0 Å². The van der Waals surface area contributed by atoms with E-state index in [9.17, 15) is 4.79 Å². The van der Waals surface area contributed by atoms with Gasteiger partial charge in [0.1, 0.15) is 5.75 Å². The Balaban J connectivity index is 1.77. The van der Waals surface area contributed by atoms with Gasteiger partial charge in [-0.05, 0) is 49.7 Å². The summed E-state index contributed by atoms with van der Waals surface area (Å²) < 4.78 is 5.89. The van der Waals surface area contributed by atoms with Gasteiger partial charge in [0.05, 0.1) is 6.61 Å². The monoisotopic (exact) mass is 318 g/mol. The molecule has 0 aliphatic heterocycles. The Labute approximate surface area is 139 Å². The fourth-order valence-corrected chi connectivity index (χ4v) is 2.98. The normalized spacial score (nSPS) is 20.7. The van der Waals surface area contributed by atoms with E-state index in [1.807, 2.05) is 18.2 Å². The first kappa shape index (κ1) is 17.8. The van der Waals surface area contributed by atoms with Crippen molar-refractivity contribution in [3.63, 3.8) is 0 Å².